The highest BCUT2D eigenvalue weighted by Gasteiger charge is 2.16. The molecule has 1 fully saturated rings. The summed E-state index contributed by atoms with van der Waals surface area (Å²) in [5, 5.41) is 12.5. The highest BCUT2D eigenvalue weighted by molar-refractivity contribution is 5.47. The summed E-state index contributed by atoms with van der Waals surface area (Å²) in [6.07, 6.45) is 4.79. The molecule has 0 aromatic heterocycles. The van der Waals surface area contributed by atoms with Crippen LogP contribution in [0.1, 0.15) is 45.1 Å². The van der Waals surface area contributed by atoms with Crippen molar-refractivity contribution in [3.8, 4) is 0 Å². The Hall–Kier alpha value is -1.06. The van der Waals surface area contributed by atoms with Gasteiger partial charge in [-0.15, -0.1) is 0 Å². The molecule has 0 aliphatic carbocycles. The van der Waals surface area contributed by atoms with E-state index in [0.717, 1.165) is 13.0 Å². The lowest BCUT2D eigenvalue weighted by Gasteiger charge is -2.29. The molecule has 2 N–H and O–H groups in total. The molecule has 3 nitrogen and oxygen atoms in total. The lowest BCUT2D eigenvalue weighted by molar-refractivity contribution is 0.230. The Bertz CT molecular complexity index is 394. The first-order valence-electron chi connectivity index (χ1n) is 7.80. The first kappa shape index (κ1) is 15.3. The van der Waals surface area contributed by atoms with E-state index in [9.17, 15) is 0 Å². The van der Waals surface area contributed by atoms with E-state index in [1.54, 1.807) is 0 Å². The number of hydrogen-bond donors (Lipinski definition) is 2. The molecule has 3 heteroatoms. The van der Waals surface area contributed by atoms with Crippen LogP contribution >= 0.6 is 0 Å². The first-order chi connectivity index (χ1) is 9.61. The number of piperidine rings is 1. The van der Waals surface area contributed by atoms with Crippen LogP contribution in [0.3, 0.4) is 0 Å². The van der Waals surface area contributed by atoms with E-state index < -0.39 is 0 Å². The van der Waals surface area contributed by atoms with Gasteiger partial charge in [-0.2, -0.15) is 0 Å². The molecule has 2 rings (SSSR count). The SMILES string of the molecule is CC(C)(CCO)NCc1ccc(N2CCCCC2)cc1. The third-order valence-electron chi connectivity index (χ3n) is 4.17. The van der Waals surface area contributed by atoms with Crippen LogP contribution in [0.4, 0.5) is 5.69 Å². The third kappa shape index (κ3) is 4.50. The number of benzene rings is 1. The van der Waals surface area contributed by atoms with Gasteiger partial charge in [-0.25, -0.2) is 0 Å². The van der Waals surface area contributed by atoms with Crippen LogP contribution in [0.2, 0.25) is 0 Å². The number of nitrogens with one attached hydrogen (secondary N) is 1. The molecular weight excluding hydrogens is 248 g/mol. The molecule has 112 valence electrons. The van der Waals surface area contributed by atoms with E-state index >= 15 is 0 Å². The van der Waals surface area contributed by atoms with Gasteiger partial charge >= 0.3 is 0 Å². The molecule has 1 aromatic carbocycles. The summed E-state index contributed by atoms with van der Waals surface area (Å²) in [7, 11) is 0. The zero-order valence-corrected chi connectivity index (χ0v) is 12.9. The minimum atomic E-state index is -0.0136. The van der Waals surface area contributed by atoms with Crippen LogP contribution in [0, 0.1) is 0 Å². The summed E-state index contributed by atoms with van der Waals surface area (Å²) in [6, 6.07) is 8.90. The number of rotatable bonds is 6. The van der Waals surface area contributed by atoms with E-state index in [0.29, 0.717) is 0 Å². The monoisotopic (exact) mass is 276 g/mol. The largest absolute Gasteiger partial charge is 0.396 e. The fourth-order valence-corrected chi connectivity index (χ4v) is 2.69. The summed E-state index contributed by atoms with van der Waals surface area (Å²) in [5.74, 6) is 0. The zero-order valence-electron chi connectivity index (χ0n) is 12.9. The summed E-state index contributed by atoms with van der Waals surface area (Å²) in [4.78, 5) is 2.48. The minimum Gasteiger partial charge on any atom is -0.396 e. The molecule has 0 bridgehead atoms. The first-order valence-corrected chi connectivity index (χ1v) is 7.80. The van der Waals surface area contributed by atoms with Gasteiger partial charge in [0.05, 0.1) is 0 Å². The molecule has 20 heavy (non-hydrogen) atoms. The van der Waals surface area contributed by atoms with Gasteiger partial charge in [0.2, 0.25) is 0 Å². The van der Waals surface area contributed by atoms with Gasteiger partial charge in [0.15, 0.2) is 0 Å². The fourth-order valence-electron chi connectivity index (χ4n) is 2.69. The summed E-state index contributed by atoms with van der Waals surface area (Å²) in [5.41, 5.74) is 2.64. The molecule has 0 radical (unpaired) electrons. The van der Waals surface area contributed by atoms with Crippen LogP contribution in [-0.4, -0.2) is 30.3 Å². The van der Waals surface area contributed by atoms with Crippen LogP contribution in [0.15, 0.2) is 24.3 Å². The fraction of sp³-hybridized carbons (Fsp3) is 0.647. The molecule has 0 atom stereocenters. The number of hydrogen-bond acceptors (Lipinski definition) is 3. The van der Waals surface area contributed by atoms with E-state index in [4.69, 9.17) is 5.11 Å². The molecule has 1 aromatic rings. The maximum atomic E-state index is 9.03. The van der Waals surface area contributed by atoms with Crippen molar-refractivity contribution in [3.05, 3.63) is 29.8 Å². The van der Waals surface area contributed by atoms with Crippen LogP contribution < -0.4 is 10.2 Å². The summed E-state index contributed by atoms with van der Waals surface area (Å²) < 4.78 is 0. The van der Waals surface area contributed by atoms with Crippen LogP contribution in [0.5, 0.6) is 0 Å². The molecule has 0 spiro atoms. The van der Waals surface area contributed by atoms with Crippen molar-refractivity contribution in [3.63, 3.8) is 0 Å². The second-order valence-corrected chi connectivity index (χ2v) is 6.43. The Morgan fingerprint density at radius 3 is 2.35 bits per heavy atom. The topological polar surface area (TPSA) is 35.5 Å². The molecule has 1 heterocycles. The van der Waals surface area contributed by atoms with Crippen molar-refractivity contribution in [2.75, 3.05) is 24.6 Å². The van der Waals surface area contributed by atoms with E-state index in [2.05, 4.69) is 48.3 Å². The van der Waals surface area contributed by atoms with Gasteiger partial charge in [-0.3, -0.25) is 0 Å². The normalized spacial score (nSPS) is 16.4. The number of nitrogens with zero attached hydrogens (tertiary/aromatic N) is 1. The second-order valence-electron chi connectivity index (χ2n) is 6.43. The number of aliphatic hydroxyl groups is 1. The Labute approximate surface area is 123 Å². The molecule has 0 unspecified atom stereocenters. The lowest BCUT2D eigenvalue weighted by Crippen LogP contribution is -2.39. The Balaban J connectivity index is 1.88. The summed E-state index contributed by atoms with van der Waals surface area (Å²) >= 11 is 0. The van der Waals surface area contributed by atoms with Crippen molar-refractivity contribution in [2.45, 2.75) is 51.6 Å². The van der Waals surface area contributed by atoms with Gasteiger partial charge in [0, 0.05) is 37.5 Å². The van der Waals surface area contributed by atoms with Crippen molar-refractivity contribution >= 4 is 5.69 Å². The second kappa shape index (κ2) is 7.09. The van der Waals surface area contributed by atoms with E-state index in [-0.39, 0.29) is 12.1 Å². The molecule has 0 amide bonds. The molecule has 0 saturated carbocycles. The maximum absolute atomic E-state index is 9.03. The van der Waals surface area contributed by atoms with Gasteiger partial charge in [0.1, 0.15) is 0 Å². The van der Waals surface area contributed by atoms with Crippen molar-refractivity contribution in [2.24, 2.45) is 0 Å². The smallest absolute Gasteiger partial charge is 0.0448 e. The predicted molar refractivity (Wildman–Crippen MR) is 85.1 cm³/mol. The van der Waals surface area contributed by atoms with Crippen LogP contribution in [0.25, 0.3) is 0 Å². The third-order valence-corrected chi connectivity index (χ3v) is 4.17. The minimum absolute atomic E-state index is 0.0136. The Morgan fingerprint density at radius 2 is 1.75 bits per heavy atom. The predicted octanol–water partition coefficient (Wildman–Crippen LogP) is 2.93. The van der Waals surface area contributed by atoms with Gasteiger partial charge in [-0.1, -0.05) is 12.1 Å². The number of aliphatic hydroxyl groups excluding tert-OH is 1. The average Bonchev–Trinajstić information content (AvgIpc) is 2.47. The van der Waals surface area contributed by atoms with E-state index in [1.807, 2.05) is 0 Å². The number of anilines is 1. The Kier molecular flexibility index (Phi) is 5.44. The van der Waals surface area contributed by atoms with Crippen molar-refractivity contribution < 1.29 is 5.11 Å². The zero-order chi connectivity index (χ0) is 14.4. The standard InChI is InChI=1S/C17H28N2O/c1-17(2,10-13-20)18-14-15-6-8-16(9-7-15)19-11-4-3-5-12-19/h6-9,18,20H,3-5,10-14H2,1-2H3. The highest BCUT2D eigenvalue weighted by atomic mass is 16.3. The quantitative estimate of drug-likeness (QED) is 0.838. The van der Waals surface area contributed by atoms with Gasteiger partial charge < -0.3 is 15.3 Å². The molecule has 1 saturated heterocycles. The van der Waals surface area contributed by atoms with Crippen molar-refractivity contribution in [1.82, 2.24) is 5.32 Å². The average molecular weight is 276 g/mol. The lowest BCUT2D eigenvalue weighted by atomic mass is 10.0. The molecule has 1 aliphatic rings. The van der Waals surface area contributed by atoms with Gasteiger partial charge in [0.25, 0.3) is 0 Å². The van der Waals surface area contributed by atoms with Crippen LogP contribution in [-0.2, 0) is 6.54 Å². The van der Waals surface area contributed by atoms with Crippen molar-refractivity contribution in [1.29, 1.82) is 0 Å². The van der Waals surface area contributed by atoms with Gasteiger partial charge in [-0.05, 0) is 57.2 Å². The molecular formula is C17H28N2O. The molecule has 1 aliphatic heterocycles. The summed E-state index contributed by atoms with van der Waals surface area (Å²) in [6.45, 7) is 7.74. The van der Waals surface area contributed by atoms with E-state index in [1.165, 1.54) is 43.6 Å². The Morgan fingerprint density at radius 1 is 1.10 bits per heavy atom. The highest BCUT2D eigenvalue weighted by Crippen LogP contribution is 2.20. The maximum Gasteiger partial charge on any atom is 0.0448 e.